The monoisotopic (exact) mass is 366 g/mol. The van der Waals surface area contributed by atoms with Crippen LogP contribution < -0.4 is 4.74 Å². The molecule has 0 radical (unpaired) electrons. The molecule has 25 heavy (non-hydrogen) atoms. The molecule has 0 unspecified atom stereocenters. The van der Waals surface area contributed by atoms with Crippen molar-refractivity contribution in [1.29, 1.82) is 0 Å². The molecule has 6 heteroatoms. The van der Waals surface area contributed by atoms with Gasteiger partial charge in [0.15, 0.2) is 6.61 Å². The fourth-order valence-electron chi connectivity index (χ4n) is 2.91. The van der Waals surface area contributed by atoms with E-state index >= 15 is 0 Å². The highest BCUT2D eigenvalue weighted by Gasteiger charge is 2.24. The molecule has 2 rings (SSSR count). The number of piperazine rings is 1. The highest BCUT2D eigenvalue weighted by Crippen LogP contribution is 2.25. The third-order valence-electron chi connectivity index (χ3n) is 4.34. The zero-order chi connectivity index (χ0) is 18.6. The Kier molecular flexibility index (Phi) is 6.71. The standard InChI is InChI=1S/C19H27ClN2O3/c1-13(2)9-17(23)21-5-7-22(8-6-21)18(24)12-25-16-10-14(3)19(20)15(4)11-16/h10-11,13H,5-9,12H2,1-4H3. The van der Waals surface area contributed by atoms with E-state index in [4.69, 9.17) is 16.3 Å². The van der Waals surface area contributed by atoms with Crippen molar-refractivity contribution in [3.05, 3.63) is 28.3 Å². The van der Waals surface area contributed by atoms with Gasteiger partial charge in [-0.1, -0.05) is 25.4 Å². The highest BCUT2D eigenvalue weighted by atomic mass is 35.5. The predicted octanol–water partition coefficient (Wildman–Crippen LogP) is 3.05. The molecular weight excluding hydrogens is 340 g/mol. The van der Waals surface area contributed by atoms with Crippen LogP contribution in [0.1, 0.15) is 31.4 Å². The fraction of sp³-hybridized carbons (Fsp3) is 0.579. The molecule has 0 saturated carbocycles. The molecule has 0 bridgehead atoms. The minimum absolute atomic E-state index is 0.000449. The van der Waals surface area contributed by atoms with Crippen LogP contribution in [0.4, 0.5) is 0 Å². The molecule has 0 N–H and O–H groups in total. The van der Waals surface area contributed by atoms with Crippen molar-refractivity contribution in [1.82, 2.24) is 9.80 Å². The van der Waals surface area contributed by atoms with E-state index in [-0.39, 0.29) is 18.4 Å². The molecule has 5 nitrogen and oxygen atoms in total. The molecule has 0 aromatic heterocycles. The third-order valence-corrected chi connectivity index (χ3v) is 4.94. The van der Waals surface area contributed by atoms with Gasteiger partial charge in [-0.25, -0.2) is 0 Å². The summed E-state index contributed by atoms with van der Waals surface area (Å²) in [7, 11) is 0. The molecule has 1 fully saturated rings. The fourth-order valence-corrected chi connectivity index (χ4v) is 3.02. The van der Waals surface area contributed by atoms with Crippen LogP contribution in [-0.2, 0) is 9.59 Å². The van der Waals surface area contributed by atoms with Crippen molar-refractivity contribution < 1.29 is 14.3 Å². The van der Waals surface area contributed by atoms with E-state index in [1.807, 2.05) is 44.7 Å². The molecule has 0 atom stereocenters. The lowest BCUT2D eigenvalue weighted by Crippen LogP contribution is -2.51. The Bertz CT molecular complexity index is 615. The summed E-state index contributed by atoms with van der Waals surface area (Å²) >= 11 is 6.14. The van der Waals surface area contributed by atoms with Crippen LogP contribution in [0.2, 0.25) is 5.02 Å². The largest absolute Gasteiger partial charge is 0.484 e. The number of halogens is 1. The van der Waals surface area contributed by atoms with Crippen molar-refractivity contribution in [2.75, 3.05) is 32.8 Å². The second kappa shape index (κ2) is 8.56. The number of amides is 2. The van der Waals surface area contributed by atoms with E-state index in [9.17, 15) is 9.59 Å². The predicted molar refractivity (Wildman–Crippen MR) is 99.0 cm³/mol. The number of hydrogen-bond acceptors (Lipinski definition) is 3. The van der Waals surface area contributed by atoms with Gasteiger partial charge in [0, 0.05) is 37.6 Å². The lowest BCUT2D eigenvalue weighted by atomic mass is 10.1. The van der Waals surface area contributed by atoms with E-state index < -0.39 is 0 Å². The van der Waals surface area contributed by atoms with Gasteiger partial charge in [0.2, 0.25) is 5.91 Å². The van der Waals surface area contributed by atoms with Gasteiger partial charge in [-0.2, -0.15) is 0 Å². The number of hydrogen-bond donors (Lipinski definition) is 0. The maximum absolute atomic E-state index is 12.3. The Morgan fingerprint density at radius 1 is 1.04 bits per heavy atom. The molecule has 1 aliphatic rings. The molecule has 1 saturated heterocycles. The van der Waals surface area contributed by atoms with Gasteiger partial charge in [0.1, 0.15) is 5.75 Å². The normalized spacial score (nSPS) is 14.8. The molecular formula is C19H27ClN2O3. The van der Waals surface area contributed by atoms with Gasteiger partial charge in [0.05, 0.1) is 0 Å². The number of benzene rings is 1. The maximum Gasteiger partial charge on any atom is 0.260 e. The summed E-state index contributed by atoms with van der Waals surface area (Å²) in [6.07, 6.45) is 0.562. The minimum atomic E-state index is -0.0544. The second-order valence-corrected chi connectivity index (χ2v) is 7.40. The van der Waals surface area contributed by atoms with E-state index in [1.165, 1.54) is 0 Å². The number of ether oxygens (including phenoxy) is 1. The lowest BCUT2D eigenvalue weighted by Gasteiger charge is -2.35. The molecule has 1 heterocycles. The van der Waals surface area contributed by atoms with E-state index in [0.717, 1.165) is 16.1 Å². The quantitative estimate of drug-likeness (QED) is 0.804. The molecule has 0 aliphatic carbocycles. The Balaban J connectivity index is 1.82. The minimum Gasteiger partial charge on any atom is -0.484 e. The van der Waals surface area contributed by atoms with E-state index in [0.29, 0.717) is 44.3 Å². The molecule has 138 valence electrons. The summed E-state index contributed by atoms with van der Waals surface area (Å²) in [4.78, 5) is 28.0. The van der Waals surface area contributed by atoms with Gasteiger partial charge in [-0.05, 0) is 43.0 Å². The smallest absolute Gasteiger partial charge is 0.260 e. The van der Waals surface area contributed by atoms with Gasteiger partial charge >= 0.3 is 0 Å². The van der Waals surface area contributed by atoms with Crippen molar-refractivity contribution in [2.24, 2.45) is 5.92 Å². The van der Waals surface area contributed by atoms with Gasteiger partial charge < -0.3 is 14.5 Å². The topological polar surface area (TPSA) is 49.9 Å². The van der Waals surface area contributed by atoms with Crippen LogP contribution in [-0.4, -0.2) is 54.4 Å². The molecule has 1 aliphatic heterocycles. The van der Waals surface area contributed by atoms with Crippen molar-refractivity contribution in [3.8, 4) is 5.75 Å². The third kappa shape index (κ3) is 5.36. The zero-order valence-corrected chi connectivity index (χ0v) is 16.2. The Labute approximate surface area is 154 Å². The molecule has 2 amide bonds. The number of carbonyl (C=O) groups excluding carboxylic acids is 2. The van der Waals surface area contributed by atoms with Crippen molar-refractivity contribution >= 4 is 23.4 Å². The Morgan fingerprint density at radius 2 is 1.52 bits per heavy atom. The van der Waals surface area contributed by atoms with Gasteiger partial charge in [-0.15, -0.1) is 0 Å². The first kappa shape index (κ1) is 19.6. The molecule has 0 spiro atoms. The van der Waals surface area contributed by atoms with Crippen LogP contribution in [0.15, 0.2) is 12.1 Å². The van der Waals surface area contributed by atoms with Crippen molar-refractivity contribution in [3.63, 3.8) is 0 Å². The highest BCUT2D eigenvalue weighted by molar-refractivity contribution is 6.32. The number of carbonyl (C=O) groups is 2. The average molecular weight is 367 g/mol. The zero-order valence-electron chi connectivity index (χ0n) is 15.5. The average Bonchev–Trinajstić information content (AvgIpc) is 2.57. The Morgan fingerprint density at radius 3 is 2.00 bits per heavy atom. The van der Waals surface area contributed by atoms with Gasteiger partial charge in [-0.3, -0.25) is 9.59 Å². The maximum atomic E-state index is 12.3. The SMILES string of the molecule is Cc1cc(OCC(=O)N2CCN(C(=O)CC(C)C)CC2)cc(C)c1Cl. The van der Waals surface area contributed by atoms with Crippen LogP contribution in [0.5, 0.6) is 5.75 Å². The number of aryl methyl sites for hydroxylation is 2. The summed E-state index contributed by atoms with van der Waals surface area (Å²) in [6.45, 7) is 10.2. The first-order chi connectivity index (χ1) is 11.8. The first-order valence-corrected chi connectivity index (χ1v) is 9.10. The van der Waals surface area contributed by atoms with Crippen molar-refractivity contribution in [2.45, 2.75) is 34.1 Å². The van der Waals surface area contributed by atoms with Gasteiger partial charge in [0.25, 0.3) is 5.91 Å². The Hall–Kier alpha value is -1.75. The summed E-state index contributed by atoms with van der Waals surface area (Å²) in [5.41, 5.74) is 1.86. The van der Waals surface area contributed by atoms with Crippen LogP contribution in [0, 0.1) is 19.8 Å². The summed E-state index contributed by atoms with van der Waals surface area (Å²) < 4.78 is 5.63. The van der Waals surface area contributed by atoms with E-state index in [2.05, 4.69) is 0 Å². The number of rotatable bonds is 5. The molecule has 1 aromatic rings. The summed E-state index contributed by atoms with van der Waals surface area (Å²) in [5.74, 6) is 1.12. The second-order valence-electron chi connectivity index (χ2n) is 7.02. The molecule has 1 aromatic carbocycles. The lowest BCUT2D eigenvalue weighted by molar-refractivity contribution is -0.141. The van der Waals surface area contributed by atoms with E-state index in [1.54, 1.807) is 4.90 Å². The summed E-state index contributed by atoms with van der Waals surface area (Å²) in [5, 5.41) is 0.723. The van der Waals surface area contributed by atoms with Crippen LogP contribution in [0.3, 0.4) is 0 Å². The van der Waals surface area contributed by atoms with Crippen LogP contribution >= 0.6 is 11.6 Å². The first-order valence-electron chi connectivity index (χ1n) is 8.73. The summed E-state index contributed by atoms with van der Waals surface area (Å²) in [6, 6.07) is 3.68. The number of nitrogens with zero attached hydrogens (tertiary/aromatic N) is 2. The van der Waals surface area contributed by atoms with Crippen LogP contribution in [0.25, 0.3) is 0 Å².